The number of nitrogens with one attached hydrogen (secondary N) is 1. The smallest absolute Gasteiger partial charge is 0.405 e. The molecule has 2 rings (SSSR count). The summed E-state index contributed by atoms with van der Waals surface area (Å²) < 4.78 is 64.7. The first-order valence-electron chi connectivity index (χ1n) is 7.96. The van der Waals surface area contributed by atoms with Gasteiger partial charge in [0.2, 0.25) is 5.91 Å². The normalized spacial score (nSPS) is 17.6. The van der Waals surface area contributed by atoms with E-state index in [9.17, 15) is 26.4 Å². The monoisotopic (exact) mass is 394 g/mol. The van der Waals surface area contributed by atoms with Crippen LogP contribution < -0.4 is 10.1 Å². The quantitative estimate of drug-likeness (QED) is 0.823. The summed E-state index contributed by atoms with van der Waals surface area (Å²) >= 11 is 0. The van der Waals surface area contributed by atoms with Crippen molar-refractivity contribution < 1.29 is 31.1 Å². The SMILES string of the molecule is CN(Cc1ccccc1OC(F)(F)F)C(=O)C1(S(C)(=O)=O)CCNCC1. The molecule has 146 valence electrons. The van der Waals surface area contributed by atoms with Gasteiger partial charge in [0.15, 0.2) is 14.6 Å². The van der Waals surface area contributed by atoms with Crippen LogP contribution in [-0.4, -0.2) is 56.7 Å². The van der Waals surface area contributed by atoms with Gasteiger partial charge in [-0.25, -0.2) is 8.42 Å². The molecule has 1 saturated heterocycles. The molecule has 0 radical (unpaired) electrons. The van der Waals surface area contributed by atoms with Gasteiger partial charge in [0.25, 0.3) is 0 Å². The van der Waals surface area contributed by atoms with Crippen LogP contribution in [0.1, 0.15) is 18.4 Å². The molecular formula is C16H21F3N2O4S. The number of nitrogens with zero attached hydrogens (tertiary/aromatic N) is 1. The summed E-state index contributed by atoms with van der Waals surface area (Å²) in [5, 5.41) is 3.01. The number of hydrogen-bond donors (Lipinski definition) is 1. The number of carbonyl (C=O) groups is 1. The fourth-order valence-electron chi connectivity index (χ4n) is 3.11. The highest BCUT2D eigenvalue weighted by molar-refractivity contribution is 7.92. The van der Waals surface area contributed by atoms with E-state index in [1.165, 1.54) is 25.2 Å². The molecular weight excluding hydrogens is 373 g/mol. The van der Waals surface area contributed by atoms with Crippen LogP contribution >= 0.6 is 0 Å². The average Bonchev–Trinajstić information content (AvgIpc) is 2.54. The van der Waals surface area contributed by atoms with E-state index in [1.807, 2.05) is 0 Å². The number of amides is 1. The zero-order valence-corrected chi connectivity index (χ0v) is 15.3. The molecule has 26 heavy (non-hydrogen) atoms. The molecule has 0 aliphatic carbocycles. The number of halogens is 3. The number of para-hydroxylation sites is 1. The highest BCUT2D eigenvalue weighted by Gasteiger charge is 2.50. The Morgan fingerprint density at radius 3 is 2.38 bits per heavy atom. The van der Waals surface area contributed by atoms with E-state index >= 15 is 0 Å². The molecule has 1 aliphatic rings. The standard InChI is InChI=1S/C16H21F3N2O4S/c1-21(11-12-5-3-4-6-13(12)25-16(17,18)19)14(22)15(26(2,23)24)7-9-20-10-8-15/h3-6,20H,7-11H2,1-2H3. The molecule has 1 aromatic carbocycles. The number of alkyl halides is 3. The van der Waals surface area contributed by atoms with E-state index in [4.69, 9.17) is 0 Å². The van der Waals surface area contributed by atoms with Crippen LogP contribution in [0.25, 0.3) is 0 Å². The maximum Gasteiger partial charge on any atom is 0.573 e. The van der Waals surface area contributed by atoms with E-state index < -0.39 is 32.6 Å². The minimum absolute atomic E-state index is 0.121. The summed E-state index contributed by atoms with van der Waals surface area (Å²) in [5.74, 6) is -1.04. The van der Waals surface area contributed by atoms with E-state index in [0.29, 0.717) is 13.1 Å². The second-order valence-electron chi connectivity index (χ2n) is 6.33. The van der Waals surface area contributed by atoms with Gasteiger partial charge in [0, 0.05) is 25.4 Å². The van der Waals surface area contributed by atoms with Crippen molar-refractivity contribution >= 4 is 15.7 Å². The van der Waals surface area contributed by atoms with E-state index in [0.717, 1.165) is 17.2 Å². The number of benzene rings is 1. The fraction of sp³-hybridized carbons (Fsp3) is 0.562. The van der Waals surface area contributed by atoms with Crippen LogP contribution in [0.2, 0.25) is 0 Å². The van der Waals surface area contributed by atoms with Gasteiger partial charge >= 0.3 is 6.36 Å². The van der Waals surface area contributed by atoms with Crippen LogP contribution in [0.4, 0.5) is 13.2 Å². The lowest BCUT2D eigenvalue weighted by Gasteiger charge is -2.37. The first kappa shape index (κ1) is 20.5. The zero-order chi connectivity index (χ0) is 19.6. The van der Waals surface area contributed by atoms with Gasteiger partial charge in [-0.15, -0.1) is 13.2 Å². The van der Waals surface area contributed by atoms with Gasteiger partial charge < -0.3 is 15.0 Å². The highest BCUT2D eigenvalue weighted by atomic mass is 32.2. The molecule has 0 atom stereocenters. The van der Waals surface area contributed by atoms with Gasteiger partial charge in [-0.05, 0) is 32.0 Å². The van der Waals surface area contributed by atoms with Crippen molar-refractivity contribution in [1.29, 1.82) is 0 Å². The Kier molecular flexibility index (Phi) is 5.86. The van der Waals surface area contributed by atoms with E-state index in [1.54, 1.807) is 0 Å². The van der Waals surface area contributed by atoms with E-state index in [-0.39, 0.29) is 24.9 Å². The Labute approximate surface area is 150 Å². The minimum atomic E-state index is -4.86. The zero-order valence-electron chi connectivity index (χ0n) is 14.5. The Morgan fingerprint density at radius 1 is 1.27 bits per heavy atom. The van der Waals surface area contributed by atoms with Crippen LogP contribution in [0.15, 0.2) is 24.3 Å². The molecule has 0 unspecified atom stereocenters. The maximum atomic E-state index is 12.9. The van der Waals surface area contributed by atoms with Crippen molar-refractivity contribution in [2.75, 3.05) is 26.4 Å². The molecule has 1 fully saturated rings. The molecule has 0 spiro atoms. The molecule has 0 bridgehead atoms. The van der Waals surface area contributed by atoms with Gasteiger partial charge in [-0.1, -0.05) is 18.2 Å². The number of carbonyl (C=O) groups excluding carboxylic acids is 1. The molecule has 0 saturated carbocycles. The van der Waals surface area contributed by atoms with Crippen molar-refractivity contribution in [1.82, 2.24) is 10.2 Å². The fourth-order valence-corrected chi connectivity index (χ4v) is 4.53. The molecule has 1 aliphatic heterocycles. The highest BCUT2D eigenvalue weighted by Crippen LogP contribution is 2.32. The van der Waals surface area contributed by atoms with Crippen LogP contribution in [0, 0.1) is 0 Å². The Morgan fingerprint density at radius 2 is 1.85 bits per heavy atom. The van der Waals surface area contributed by atoms with Crippen molar-refractivity contribution in [3.8, 4) is 5.75 Å². The lowest BCUT2D eigenvalue weighted by atomic mass is 9.95. The average molecular weight is 394 g/mol. The van der Waals surface area contributed by atoms with Gasteiger partial charge in [0.1, 0.15) is 5.75 Å². The molecule has 1 amide bonds. The first-order valence-corrected chi connectivity index (χ1v) is 9.85. The van der Waals surface area contributed by atoms with Crippen molar-refractivity contribution in [3.05, 3.63) is 29.8 Å². The third-order valence-electron chi connectivity index (χ3n) is 4.46. The Bertz CT molecular complexity index is 759. The van der Waals surface area contributed by atoms with Crippen molar-refractivity contribution in [2.45, 2.75) is 30.5 Å². The topological polar surface area (TPSA) is 75.7 Å². The summed E-state index contributed by atoms with van der Waals surface area (Å²) in [6, 6.07) is 5.46. The molecule has 6 nitrogen and oxygen atoms in total. The lowest BCUT2D eigenvalue weighted by Crippen LogP contribution is -2.57. The number of hydrogen-bond acceptors (Lipinski definition) is 5. The number of ether oxygens (including phenoxy) is 1. The van der Waals surface area contributed by atoms with Crippen LogP contribution in [-0.2, 0) is 21.2 Å². The molecule has 10 heteroatoms. The van der Waals surface area contributed by atoms with Gasteiger partial charge in [0.05, 0.1) is 0 Å². The predicted octanol–water partition coefficient (Wildman–Crippen LogP) is 1.71. The summed E-state index contributed by atoms with van der Waals surface area (Å²) in [6.45, 7) is 0.552. The van der Waals surface area contributed by atoms with Gasteiger partial charge in [-0.2, -0.15) is 0 Å². The summed E-state index contributed by atoms with van der Waals surface area (Å²) in [4.78, 5) is 14.1. The van der Waals surface area contributed by atoms with E-state index in [2.05, 4.69) is 10.1 Å². The van der Waals surface area contributed by atoms with Crippen LogP contribution in [0.3, 0.4) is 0 Å². The maximum absolute atomic E-state index is 12.9. The third-order valence-corrected chi connectivity index (χ3v) is 6.47. The number of piperidine rings is 1. The predicted molar refractivity (Wildman–Crippen MR) is 89.3 cm³/mol. The third kappa shape index (κ3) is 4.47. The minimum Gasteiger partial charge on any atom is -0.405 e. The lowest BCUT2D eigenvalue weighted by molar-refractivity contribution is -0.275. The second kappa shape index (κ2) is 7.43. The Balaban J connectivity index is 2.27. The number of sulfone groups is 1. The molecule has 1 aromatic rings. The summed E-state index contributed by atoms with van der Waals surface area (Å²) in [7, 11) is -2.33. The first-order chi connectivity index (χ1) is 12.0. The van der Waals surface area contributed by atoms with Gasteiger partial charge in [-0.3, -0.25) is 4.79 Å². The molecule has 1 N–H and O–H groups in total. The molecule has 0 aromatic heterocycles. The summed E-state index contributed by atoms with van der Waals surface area (Å²) in [6.07, 6.45) is -3.60. The summed E-state index contributed by atoms with van der Waals surface area (Å²) in [5.41, 5.74) is 0.137. The van der Waals surface area contributed by atoms with Crippen molar-refractivity contribution in [2.24, 2.45) is 0 Å². The second-order valence-corrected chi connectivity index (χ2v) is 8.66. The number of rotatable bonds is 5. The van der Waals surface area contributed by atoms with Crippen molar-refractivity contribution in [3.63, 3.8) is 0 Å². The van der Waals surface area contributed by atoms with Crippen LogP contribution in [0.5, 0.6) is 5.75 Å². The Hall–Kier alpha value is -1.81. The largest absolute Gasteiger partial charge is 0.573 e. The molecule has 1 heterocycles.